The lowest BCUT2D eigenvalue weighted by Crippen LogP contribution is -2.58. The lowest BCUT2D eigenvalue weighted by Gasteiger charge is -2.47. The number of nitrogens with zero attached hydrogens (tertiary/aromatic N) is 1. The number of esters is 1. The van der Waals surface area contributed by atoms with Crippen LogP contribution >= 0.6 is 0 Å². The number of hydrogen-bond donors (Lipinski definition) is 2. The number of hydrogen-bond acceptors (Lipinski definition) is 5. The van der Waals surface area contributed by atoms with Crippen LogP contribution in [0.1, 0.15) is 26.2 Å². The second-order valence-electron chi connectivity index (χ2n) is 5.38. The van der Waals surface area contributed by atoms with Gasteiger partial charge in [0.05, 0.1) is 7.11 Å². The zero-order valence-corrected chi connectivity index (χ0v) is 12.3. The van der Waals surface area contributed by atoms with Gasteiger partial charge in [0.25, 0.3) is 0 Å². The standard InChI is InChI=1S/C13H25N3O3/c1-10(17)15-11(12(18)19-4)8-14-9-13(16(2)3)6-5-7-13/h11,14H,5-9H2,1-4H3,(H,15,17). The Morgan fingerprint density at radius 2 is 2.00 bits per heavy atom. The minimum Gasteiger partial charge on any atom is -0.467 e. The van der Waals surface area contributed by atoms with E-state index < -0.39 is 12.0 Å². The van der Waals surface area contributed by atoms with Crippen LogP contribution in [0.2, 0.25) is 0 Å². The molecule has 1 fully saturated rings. The fourth-order valence-corrected chi connectivity index (χ4v) is 2.40. The molecule has 1 aliphatic carbocycles. The van der Waals surface area contributed by atoms with E-state index in [4.69, 9.17) is 0 Å². The van der Waals surface area contributed by atoms with E-state index in [-0.39, 0.29) is 11.4 Å². The van der Waals surface area contributed by atoms with Crippen LogP contribution in [0.25, 0.3) is 0 Å². The van der Waals surface area contributed by atoms with E-state index in [0.29, 0.717) is 6.54 Å². The maximum Gasteiger partial charge on any atom is 0.329 e. The van der Waals surface area contributed by atoms with Gasteiger partial charge in [-0.3, -0.25) is 4.79 Å². The second-order valence-corrected chi connectivity index (χ2v) is 5.38. The Balaban J connectivity index is 2.43. The summed E-state index contributed by atoms with van der Waals surface area (Å²) in [5.74, 6) is -0.654. The number of nitrogens with one attached hydrogen (secondary N) is 2. The molecule has 0 bridgehead atoms. The van der Waals surface area contributed by atoms with E-state index >= 15 is 0 Å². The molecule has 2 N–H and O–H groups in total. The van der Waals surface area contributed by atoms with Crippen LogP contribution in [0, 0.1) is 0 Å². The summed E-state index contributed by atoms with van der Waals surface area (Å²) in [4.78, 5) is 24.8. The van der Waals surface area contributed by atoms with Gasteiger partial charge in [-0.1, -0.05) is 0 Å². The summed E-state index contributed by atoms with van der Waals surface area (Å²) in [5, 5.41) is 5.87. The Hall–Kier alpha value is -1.14. The van der Waals surface area contributed by atoms with Crippen LogP contribution in [0.5, 0.6) is 0 Å². The van der Waals surface area contributed by atoms with Gasteiger partial charge < -0.3 is 20.3 Å². The SMILES string of the molecule is COC(=O)C(CNCC1(N(C)C)CCC1)NC(C)=O. The van der Waals surface area contributed by atoms with Crippen molar-refractivity contribution in [3.05, 3.63) is 0 Å². The summed E-state index contributed by atoms with van der Waals surface area (Å²) in [7, 11) is 5.48. The van der Waals surface area contributed by atoms with Crippen LogP contribution in [-0.4, -0.2) is 62.7 Å². The van der Waals surface area contributed by atoms with Crippen molar-refractivity contribution < 1.29 is 14.3 Å². The molecule has 1 aliphatic rings. The normalized spacial score (nSPS) is 18.6. The lowest BCUT2D eigenvalue weighted by molar-refractivity contribution is -0.144. The topological polar surface area (TPSA) is 70.7 Å². The number of methoxy groups -OCH3 is 1. The van der Waals surface area contributed by atoms with Gasteiger partial charge in [-0.2, -0.15) is 0 Å². The molecule has 1 atom stereocenters. The predicted molar refractivity (Wildman–Crippen MR) is 72.8 cm³/mol. The average Bonchev–Trinajstić information content (AvgIpc) is 2.28. The molecule has 0 aliphatic heterocycles. The van der Waals surface area contributed by atoms with Gasteiger partial charge in [0.1, 0.15) is 6.04 Å². The highest BCUT2D eigenvalue weighted by Gasteiger charge is 2.38. The molecular formula is C13H25N3O3. The molecular weight excluding hydrogens is 246 g/mol. The third-order valence-corrected chi connectivity index (χ3v) is 3.90. The number of ether oxygens (including phenoxy) is 1. The summed E-state index contributed by atoms with van der Waals surface area (Å²) in [6.45, 7) is 2.60. The van der Waals surface area contributed by atoms with Gasteiger partial charge in [0, 0.05) is 25.6 Å². The molecule has 1 saturated carbocycles. The molecule has 0 heterocycles. The second kappa shape index (κ2) is 6.86. The highest BCUT2D eigenvalue weighted by molar-refractivity contribution is 5.83. The molecule has 19 heavy (non-hydrogen) atoms. The Morgan fingerprint density at radius 1 is 1.37 bits per heavy atom. The number of amides is 1. The maximum absolute atomic E-state index is 11.5. The van der Waals surface area contributed by atoms with Crippen molar-refractivity contribution in [1.29, 1.82) is 0 Å². The third-order valence-electron chi connectivity index (χ3n) is 3.90. The van der Waals surface area contributed by atoms with E-state index in [9.17, 15) is 9.59 Å². The third kappa shape index (κ3) is 4.18. The molecule has 6 nitrogen and oxygen atoms in total. The van der Waals surface area contributed by atoms with Crippen LogP contribution in [-0.2, 0) is 14.3 Å². The first-order valence-electron chi connectivity index (χ1n) is 6.64. The van der Waals surface area contributed by atoms with Crippen molar-refractivity contribution in [3.63, 3.8) is 0 Å². The average molecular weight is 271 g/mol. The Labute approximate surface area is 114 Å². The minimum atomic E-state index is -0.623. The van der Waals surface area contributed by atoms with Crippen molar-refractivity contribution in [2.24, 2.45) is 0 Å². The van der Waals surface area contributed by atoms with Crippen LogP contribution in [0.3, 0.4) is 0 Å². The number of carbonyl (C=O) groups is 2. The van der Waals surface area contributed by atoms with Crippen molar-refractivity contribution in [3.8, 4) is 0 Å². The largest absolute Gasteiger partial charge is 0.467 e. The Kier molecular flexibility index (Phi) is 5.75. The molecule has 1 amide bonds. The predicted octanol–water partition coefficient (Wildman–Crippen LogP) is -0.262. The van der Waals surface area contributed by atoms with E-state index in [1.807, 2.05) is 0 Å². The molecule has 1 rings (SSSR count). The van der Waals surface area contributed by atoms with E-state index in [2.05, 4.69) is 34.4 Å². The van der Waals surface area contributed by atoms with Crippen LogP contribution in [0.15, 0.2) is 0 Å². The highest BCUT2D eigenvalue weighted by Crippen LogP contribution is 2.35. The lowest BCUT2D eigenvalue weighted by atomic mass is 9.75. The van der Waals surface area contributed by atoms with E-state index in [0.717, 1.165) is 19.4 Å². The number of rotatable bonds is 7. The van der Waals surface area contributed by atoms with Gasteiger partial charge in [-0.25, -0.2) is 4.79 Å². The Morgan fingerprint density at radius 3 is 2.37 bits per heavy atom. The van der Waals surface area contributed by atoms with Gasteiger partial charge in [-0.05, 0) is 33.4 Å². The van der Waals surface area contributed by atoms with Crippen LogP contribution in [0.4, 0.5) is 0 Å². The highest BCUT2D eigenvalue weighted by atomic mass is 16.5. The van der Waals surface area contributed by atoms with Gasteiger partial charge in [0.15, 0.2) is 0 Å². The molecule has 0 radical (unpaired) electrons. The molecule has 0 aromatic carbocycles. The van der Waals surface area contributed by atoms with Crippen molar-refractivity contribution in [1.82, 2.24) is 15.5 Å². The number of carbonyl (C=O) groups excluding carboxylic acids is 2. The van der Waals surface area contributed by atoms with Crippen molar-refractivity contribution >= 4 is 11.9 Å². The molecule has 0 spiro atoms. The first kappa shape index (κ1) is 15.9. The molecule has 0 aromatic rings. The molecule has 1 unspecified atom stereocenters. The van der Waals surface area contributed by atoms with Gasteiger partial charge in [0.2, 0.25) is 5.91 Å². The van der Waals surface area contributed by atoms with E-state index in [1.54, 1.807) is 0 Å². The quantitative estimate of drug-likeness (QED) is 0.624. The van der Waals surface area contributed by atoms with Crippen molar-refractivity contribution in [2.45, 2.75) is 37.8 Å². The summed E-state index contributed by atoms with van der Waals surface area (Å²) in [6.07, 6.45) is 3.57. The van der Waals surface area contributed by atoms with E-state index in [1.165, 1.54) is 20.5 Å². The summed E-state index contributed by atoms with van der Waals surface area (Å²) >= 11 is 0. The fourth-order valence-electron chi connectivity index (χ4n) is 2.40. The first-order chi connectivity index (χ1) is 8.91. The zero-order valence-electron chi connectivity index (χ0n) is 12.3. The zero-order chi connectivity index (χ0) is 14.5. The molecule has 110 valence electrons. The smallest absolute Gasteiger partial charge is 0.329 e. The molecule has 0 saturated heterocycles. The monoisotopic (exact) mass is 271 g/mol. The number of likely N-dealkylation sites (N-methyl/N-ethyl adjacent to an activating group) is 1. The molecule has 6 heteroatoms. The summed E-state index contributed by atoms with van der Waals surface area (Å²) in [6, 6.07) is -0.623. The summed E-state index contributed by atoms with van der Waals surface area (Å²) in [5.41, 5.74) is 0.191. The van der Waals surface area contributed by atoms with Gasteiger partial charge in [-0.15, -0.1) is 0 Å². The summed E-state index contributed by atoms with van der Waals surface area (Å²) < 4.78 is 4.68. The maximum atomic E-state index is 11.5. The Bertz CT molecular complexity index is 327. The molecule has 0 aromatic heterocycles. The minimum absolute atomic E-state index is 0.191. The van der Waals surface area contributed by atoms with Crippen LogP contribution < -0.4 is 10.6 Å². The van der Waals surface area contributed by atoms with Crippen molar-refractivity contribution in [2.75, 3.05) is 34.3 Å². The first-order valence-corrected chi connectivity index (χ1v) is 6.64. The fraction of sp³-hybridized carbons (Fsp3) is 0.846. The van der Waals surface area contributed by atoms with Gasteiger partial charge >= 0.3 is 5.97 Å².